The topological polar surface area (TPSA) is 79.5 Å². The van der Waals surface area contributed by atoms with Crippen LogP contribution in [-0.2, 0) is 0 Å². The van der Waals surface area contributed by atoms with Crippen molar-refractivity contribution in [2.24, 2.45) is 0 Å². The van der Waals surface area contributed by atoms with Gasteiger partial charge in [-0.05, 0) is 25.0 Å². The van der Waals surface area contributed by atoms with E-state index < -0.39 is 5.97 Å². The van der Waals surface area contributed by atoms with Crippen molar-refractivity contribution < 1.29 is 14.3 Å². The van der Waals surface area contributed by atoms with Crippen molar-refractivity contribution in [3.8, 4) is 0 Å². The number of anilines is 1. The molecule has 0 radical (unpaired) electrons. The Labute approximate surface area is 132 Å². The number of para-hydroxylation sites is 1. The van der Waals surface area contributed by atoms with Crippen molar-refractivity contribution in [1.29, 1.82) is 0 Å². The zero-order valence-corrected chi connectivity index (χ0v) is 12.7. The Kier molecular flexibility index (Phi) is 3.37. The molecule has 0 bridgehead atoms. The maximum absolute atomic E-state index is 11.4. The van der Waals surface area contributed by atoms with Gasteiger partial charge in [0.25, 0.3) is 0 Å². The van der Waals surface area contributed by atoms with E-state index in [0.717, 1.165) is 31.3 Å². The minimum Gasteiger partial charge on any atom is -0.475 e. The van der Waals surface area contributed by atoms with Crippen LogP contribution in [0.5, 0.6) is 0 Å². The van der Waals surface area contributed by atoms with E-state index in [2.05, 4.69) is 14.9 Å². The lowest BCUT2D eigenvalue weighted by atomic mass is 10.2. The summed E-state index contributed by atoms with van der Waals surface area (Å²) >= 11 is 0. The summed E-state index contributed by atoms with van der Waals surface area (Å²) in [4.78, 5) is 22.1. The summed E-state index contributed by atoms with van der Waals surface area (Å²) in [5.74, 6) is -0.693. The third-order valence-electron chi connectivity index (χ3n) is 4.30. The predicted molar refractivity (Wildman–Crippen MR) is 87.0 cm³/mol. The molecule has 1 aromatic carbocycles. The van der Waals surface area contributed by atoms with Crippen LogP contribution in [0.1, 0.15) is 36.3 Å². The third-order valence-corrected chi connectivity index (χ3v) is 4.30. The van der Waals surface area contributed by atoms with Crippen LogP contribution in [0.15, 0.2) is 28.7 Å². The molecule has 3 heterocycles. The van der Waals surface area contributed by atoms with Gasteiger partial charge in [0, 0.05) is 18.5 Å². The lowest BCUT2D eigenvalue weighted by Crippen LogP contribution is -2.26. The number of carbonyl (C=O) groups is 1. The molecule has 1 aliphatic heterocycles. The predicted octanol–water partition coefficient (Wildman–Crippen LogP) is 3.45. The number of hydrogen-bond acceptors (Lipinski definition) is 5. The molecule has 118 valence electrons. The number of hydrogen-bond donors (Lipinski definition) is 1. The zero-order valence-electron chi connectivity index (χ0n) is 12.7. The number of aromatic nitrogens is 2. The van der Waals surface area contributed by atoms with E-state index in [9.17, 15) is 9.90 Å². The summed E-state index contributed by atoms with van der Waals surface area (Å²) in [6.45, 7) is 1.73. The highest BCUT2D eigenvalue weighted by atomic mass is 16.4. The van der Waals surface area contributed by atoms with E-state index in [1.807, 2.05) is 24.3 Å². The Bertz CT molecular complexity index is 879. The van der Waals surface area contributed by atoms with E-state index in [-0.39, 0.29) is 5.82 Å². The number of rotatable bonds is 2. The monoisotopic (exact) mass is 311 g/mol. The highest BCUT2D eigenvalue weighted by Gasteiger charge is 2.22. The van der Waals surface area contributed by atoms with Crippen LogP contribution >= 0.6 is 0 Å². The molecular formula is C17H17N3O3. The SMILES string of the molecule is O=C(O)c1nc(N2CCCCCC2)c2oc3ccccc3c2n1. The first kappa shape index (κ1) is 14.0. The number of furan rings is 1. The Balaban J connectivity index is 1.98. The number of aromatic carboxylic acids is 1. The normalized spacial score (nSPS) is 15.9. The van der Waals surface area contributed by atoms with Crippen molar-refractivity contribution in [1.82, 2.24) is 9.97 Å². The second kappa shape index (κ2) is 5.53. The molecule has 1 fully saturated rings. The van der Waals surface area contributed by atoms with Gasteiger partial charge in [-0.1, -0.05) is 25.0 Å². The van der Waals surface area contributed by atoms with Crippen LogP contribution < -0.4 is 4.90 Å². The molecule has 1 aliphatic rings. The van der Waals surface area contributed by atoms with E-state index in [1.165, 1.54) is 12.8 Å². The average Bonchev–Trinajstić information content (AvgIpc) is 2.74. The molecule has 2 aromatic heterocycles. The van der Waals surface area contributed by atoms with Crippen molar-refractivity contribution >= 4 is 33.9 Å². The number of benzene rings is 1. The summed E-state index contributed by atoms with van der Waals surface area (Å²) in [7, 11) is 0. The lowest BCUT2D eigenvalue weighted by molar-refractivity contribution is 0.0684. The molecule has 6 nitrogen and oxygen atoms in total. The van der Waals surface area contributed by atoms with E-state index in [1.54, 1.807) is 0 Å². The molecule has 6 heteroatoms. The molecule has 4 rings (SSSR count). The molecular weight excluding hydrogens is 294 g/mol. The Morgan fingerprint density at radius 1 is 1.09 bits per heavy atom. The molecule has 1 N–H and O–H groups in total. The van der Waals surface area contributed by atoms with Crippen molar-refractivity contribution in [2.75, 3.05) is 18.0 Å². The first-order valence-corrected chi connectivity index (χ1v) is 7.91. The summed E-state index contributed by atoms with van der Waals surface area (Å²) in [5.41, 5.74) is 1.86. The largest absolute Gasteiger partial charge is 0.475 e. The molecule has 0 spiro atoms. The van der Waals surface area contributed by atoms with Crippen LogP contribution in [0.4, 0.5) is 5.82 Å². The Morgan fingerprint density at radius 2 is 1.83 bits per heavy atom. The summed E-state index contributed by atoms with van der Waals surface area (Å²) in [6, 6.07) is 7.54. The van der Waals surface area contributed by atoms with Crippen LogP contribution in [0.25, 0.3) is 22.1 Å². The molecule has 0 saturated carbocycles. The van der Waals surface area contributed by atoms with Gasteiger partial charge < -0.3 is 14.4 Å². The minimum atomic E-state index is -1.12. The minimum absolute atomic E-state index is 0.178. The quantitative estimate of drug-likeness (QED) is 0.781. The fraction of sp³-hybridized carbons (Fsp3) is 0.353. The second-order valence-electron chi connectivity index (χ2n) is 5.85. The van der Waals surface area contributed by atoms with E-state index >= 15 is 0 Å². The number of carboxylic acid groups (broad SMARTS) is 1. The molecule has 0 amide bonds. The first-order valence-electron chi connectivity index (χ1n) is 7.91. The number of carboxylic acids is 1. The fourth-order valence-corrected chi connectivity index (χ4v) is 3.17. The highest BCUT2D eigenvalue weighted by molar-refractivity contribution is 6.06. The lowest BCUT2D eigenvalue weighted by Gasteiger charge is -2.21. The van der Waals surface area contributed by atoms with Gasteiger partial charge in [-0.25, -0.2) is 14.8 Å². The maximum Gasteiger partial charge on any atom is 0.374 e. The smallest absolute Gasteiger partial charge is 0.374 e. The van der Waals surface area contributed by atoms with Gasteiger partial charge >= 0.3 is 5.97 Å². The maximum atomic E-state index is 11.4. The van der Waals surface area contributed by atoms with Gasteiger partial charge in [0.1, 0.15) is 11.1 Å². The molecule has 1 saturated heterocycles. The van der Waals surface area contributed by atoms with Gasteiger partial charge in [-0.3, -0.25) is 0 Å². The molecule has 0 aliphatic carbocycles. The fourth-order valence-electron chi connectivity index (χ4n) is 3.17. The van der Waals surface area contributed by atoms with Crippen LogP contribution in [0.2, 0.25) is 0 Å². The van der Waals surface area contributed by atoms with Crippen molar-refractivity contribution in [3.05, 3.63) is 30.1 Å². The van der Waals surface area contributed by atoms with Crippen LogP contribution in [0, 0.1) is 0 Å². The molecule has 0 atom stereocenters. The van der Waals surface area contributed by atoms with Gasteiger partial charge in [0.2, 0.25) is 5.82 Å². The van der Waals surface area contributed by atoms with Crippen molar-refractivity contribution in [3.63, 3.8) is 0 Å². The van der Waals surface area contributed by atoms with Gasteiger partial charge in [0.15, 0.2) is 11.4 Å². The summed E-state index contributed by atoms with van der Waals surface area (Å²) in [5, 5.41) is 10.2. The summed E-state index contributed by atoms with van der Waals surface area (Å²) in [6.07, 6.45) is 4.54. The molecule has 0 unspecified atom stereocenters. The Hall–Kier alpha value is -2.63. The standard InChI is InChI=1S/C17H17N3O3/c21-17(22)15-18-13-11-7-3-4-8-12(11)23-14(13)16(19-15)20-9-5-1-2-6-10-20/h3-4,7-8H,1-2,5-6,9-10H2,(H,21,22). The average molecular weight is 311 g/mol. The second-order valence-corrected chi connectivity index (χ2v) is 5.85. The number of fused-ring (bicyclic) bond motifs is 3. The Morgan fingerprint density at radius 3 is 2.57 bits per heavy atom. The molecule has 3 aromatic rings. The number of nitrogens with zero attached hydrogens (tertiary/aromatic N) is 3. The van der Waals surface area contributed by atoms with E-state index in [4.69, 9.17) is 4.42 Å². The van der Waals surface area contributed by atoms with Gasteiger partial charge in [0.05, 0.1) is 0 Å². The van der Waals surface area contributed by atoms with Crippen molar-refractivity contribution in [2.45, 2.75) is 25.7 Å². The van der Waals surface area contributed by atoms with Crippen LogP contribution in [0.3, 0.4) is 0 Å². The molecule has 23 heavy (non-hydrogen) atoms. The van der Waals surface area contributed by atoms with Gasteiger partial charge in [-0.2, -0.15) is 0 Å². The zero-order chi connectivity index (χ0) is 15.8. The van der Waals surface area contributed by atoms with Gasteiger partial charge in [-0.15, -0.1) is 0 Å². The third kappa shape index (κ3) is 2.40. The highest BCUT2D eigenvalue weighted by Crippen LogP contribution is 2.33. The van der Waals surface area contributed by atoms with Crippen LogP contribution in [-0.4, -0.2) is 34.1 Å². The first-order chi connectivity index (χ1) is 11.2. The van der Waals surface area contributed by atoms with E-state index in [0.29, 0.717) is 22.5 Å². The summed E-state index contributed by atoms with van der Waals surface area (Å²) < 4.78 is 5.95.